The van der Waals surface area contributed by atoms with Gasteiger partial charge in [-0.2, -0.15) is 11.8 Å². The molecule has 0 saturated carbocycles. The smallest absolute Gasteiger partial charge is 0.337 e. The van der Waals surface area contributed by atoms with Crippen LogP contribution in [0.1, 0.15) is 23.2 Å². The number of nitrogens with two attached hydrogens (primary N) is 1. The molecule has 0 bridgehead atoms. The Morgan fingerprint density at radius 2 is 2.20 bits per heavy atom. The summed E-state index contributed by atoms with van der Waals surface area (Å²) in [5.74, 6) is 0.424. The van der Waals surface area contributed by atoms with E-state index in [2.05, 4.69) is 4.72 Å². The fourth-order valence-corrected chi connectivity index (χ4v) is 4.69. The first kappa shape index (κ1) is 15.1. The fraction of sp³-hybridized carbons (Fsp3) is 0.417. The molecule has 1 aromatic rings. The van der Waals surface area contributed by atoms with Crippen molar-refractivity contribution >= 4 is 33.4 Å². The number of nitrogens with one attached hydrogen (secondary N) is 1. The Labute approximate surface area is 121 Å². The van der Waals surface area contributed by atoms with Gasteiger partial charge in [-0.3, -0.25) is 0 Å². The molecule has 1 aromatic carbocycles. The van der Waals surface area contributed by atoms with Crippen molar-refractivity contribution in [2.24, 2.45) is 0 Å². The molecule has 1 atom stereocenters. The minimum absolute atomic E-state index is 0.155. The molecule has 0 aliphatic carbocycles. The Kier molecular flexibility index (Phi) is 4.56. The molecule has 1 heterocycles. The van der Waals surface area contributed by atoms with Gasteiger partial charge in [-0.25, -0.2) is 17.9 Å². The van der Waals surface area contributed by atoms with Gasteiger partial charge >= 0.3 is 5.97 Å². The number of aromatic carboxylic acids is 1. The maximum Gasteiger partial charge on any atom is 0.337 e. The lowest BCUT2D eigenvalue weighted by molar-refractivity contribution is 0.0692. The summed E-state index contributed by atoms with van der Waals surface area (Å²) >= 11 is 1.69. The van der Waals surface area contributed by atoms with Crippen molar-refractivity contribution in [3.8, 4) is 0 Å². The molecule has 4 N–H and O–H groups in total. The molecular weight excluding hydrogens is 300 g/mol. The summed E-state index contributed by atoms with van der Waals surface area (Å²) in [5, 5.41) is 9.11. The number of carboxylic acid groups (broad SMARTS) is 1. The van der Waals surface area contributed by atoms with Gasteiger partial charge in [0.15, 0.2) is 0 Å². The second-order valence-corrected chi connectivity index (χ2v) is 7.43. The average Bonchev–Trinajstić information content (AvgIpc) is 2.38. The highest BCUT2D eigenvalue weighted by Gasteiger charge is 2.26. The Bertz CT molecular complexity index is 610. The third kappa shape index (κ3) is 3.44. The van der Waals surface area contributed by atoms with E-state index in [0.717, 1.165) is 24.7 Å². The van der Waals surface area contributed by atoms with Crippen molar-refractivity contribution in [2.45, 2.75) is 23.8 Å². The first-order valence-electron chi connectivity index (χ1n) is 6.13. The van der Waals surface area contributed by atoms with Gasteiger partial charge in [0, 0.05) is 17.5 Å². The quantitative estimate of drug-likeness (QED) is 0.719. The summed E-state index contributed by atoms with van der Waals surface area (Å²) in [4.78, 5) is 10.9. The average molecular weight is 316 g/mol. The van der Waals surface area contributed by atoms with Crippen molar-refractivity contribution in [3.05, 3.63) is 23.8 Å². The zero-order valence-electron chi connectivity index (χ0n) is 10.7. The van der Waals surface area contributed by atoms with E-state index in [9.17, 15) is 13.2 Å². The Morgan fingerprint density at radius 1 is 1.45 bits per heavy atom. The van der Waals surface area contributed by atoms with Gasteiger partial charge < -0.3 is 10.8 Å². The number of anilines is 1. The molecular formula is C12H16N2O4S2. The molecule has 1 aliphatic rings. The van der Waals surface area contributed by atoms with E-state index in [1.807, 2.05) is 0 Å². The van der Waals surface area contributed by atoms with E-state index < -0.39 is 16.0 Å². The van der Waals surface area contributed by atoms with Gasteiger partial charge in [-0.15, -0.1) is 0 Å². The van der Waals surface area contributed by atoms with E-state index >= 15 is 0 Å². The van der Waals surface area contributed by atoms with Crippen LogP contribution in [0.15, 0.2) is 23.1 Å². The zero-order valence-corrected chi connectivity index (χ0v) is 12.3. The lowest BCUT2D eigenvalue weighted by atomic mass is 10.2. The molecule has 1 unspecified atom stereocenters. The highest BCUT2D eigenvalue weighted by molar-refractivity contribution is 7.99. The largest absolute Gasteiger partial charge is 0.478 e. The summed E-state index contributed by atoms with van der Waals surface area (Å²) in [6.07, 6.45) is 1.72. The monoisotopic (exact) mass is 316 g/mol. The van der Waals surface area contributed by atoms with Gasteiger partial charge in [-0.05, 0) is 36.8 Å². The normalized spacial score (nSPS) is 19.7. The second kappa shape index (κ2) is 6.02. The number of hydrogen-bond donors (Lipinski definition) is 3. The predicted molar refractivity (Wildman–Crippen MR) is 78.5 cm³/mol. The van der Waals surface area contributed by atoms with Crippen LogP contribution >= 0.6 is 11.8 Å². The number of carboxylic acids is 1. The minimum atomic E-state index is -3.85. The maximum absolute atomic E-state index is 12.3. The number of sulfonamides is 1. The van der Waals surface area contributed by atoms with Crippen LogP contribution in [0.3, 0.4) is 0 Å². The lowest BCUT2D eigenvalue weighted by Gasteiger charge is -2.22. The number of benzene rings is 1. The molecule has 110 valence electrons. The van der Waals surface area contributed by atoms with Gasteiger partial charge in [0.25, 0.3) is 0 Å². The minimum Gasteiger partial charge on any atom is -0.478 e. The van der Waals surface area contributed by atoms with E-state index in [1.165, 1.54) is 12.1 Å². The first-order chi connectivity index (χ1) is 9.40. The molecule has 0 radical (unpaired) electrons. The third-order valence-electron chi connectivity index (χ3n) is 3.01. The summed E-state index contributed by atoms with van der Waals surface area (Å²) < 4.78 is 27.2. The SMILES string of the molecule is Nc1ccc(S(=O)(=O)NC2CCCSC2)c(C(=O)O)c1. The Morgan fingerprint density at radius 3 is 2.80 bits per heavy atom. The number of hydrogen-bond acceptors (Lipinski definition) is 5. The molecule has 0 amide bonds. The highest BCUT2D eigenvalue weighted by Crippen LogP contribution is 2.22. The standard InChI is InChI=1S/C12H16N2O4S2/c13-8-3-4-11(10(6-8)12(15)16)20(17,18)14-9-2-1-5-19-7-9/h3-4,6,9,14H,1-2,5,7,13H2,(H,15,16). The molecule has 0 aromatic heterocycles. The molecule has 0 spiro atoms. The van der Waals surface area contributed by atoms with Crippen LogP contribution in [0, 0.1) is 0 Å². The summed E-state index contributed by atoms with van der Waals surface area (Å²) in [6.45, 7) is 0. The van der Waals surface area contributed by atoms with E-state index in [4.69, 9.17) is 10.8 Å². The van der Waals surface area contributed by atoms with E-state index in [0.29, 0.717) is 5.75 Å². The molecule has 1 aliphatic heterocycles. The van der Waals surface area contributed by atoms with Gasteiger partial charge in [0.05, 0.1) is 10.5 Å². The van der Waals surface area contributed by atoms with Crippen molar-refractivity contribution in [2.75, 3.05) is 17.2 Å². The summed E-state index contributed by atoms with van der Waals surface area (Å²) in [7, 11) is -3.85. The van der Waals surface area contributed by atoms with Gasteiger partial charge in [0.2, 0.25) is 10.0 Å². The van der Waals surface area contributed by atoms with Crippen LogP contribution in [-0.4, -0.2) is 37.0 Å². The molecule has 6 nitrogen and oxygen atoms in total. The Hall–Kier alpha value is -1.25. The second-order valence-electron chi connectivity index (χ2n) is 4.60. The molecule has 1 fully saturated rings. The van der Waals surface area contributed by atoms with Crippen molar-refractivity contribution in [1.82, 2.24) is 4.72 Å². The lowest BCUT2D eigenvalue weighted by Crippen LogP contribution is -2.38. The van der Waals surface area contributed by atoms with Crippen molar-refractivity contribution < 1.29 is 18.3 Å². The predicted octanol–water partition coefficient (Wildman–Crippen LogP) is 1.14. The third-order valence-corrected chi connectivity index (χ3v) is 5.80. The van der Waals surface area contributed by atoms with E-state index in [1.54, 1.807) is 11.8 Å². The van der Waals surface area contributed by atoms with Crippen LogP contribution in [0.2, 0.25) is 0 Å². The van der Waals surface area contributed by atoms with Crippen LogP contribution in [-0.2, 0) is 10.0 Å². The van der Waals surface area contributed by atoms with Gasteiger partial charge in [-0.1, -0.05) is 0 Å². The first-order valence-corrected chi connectivity index (χ1v) is 8.77. The van der Waals surface area contributed by atoms with E-state index in [-0.39, 0.29) is 22.2 Å². The van der Waals surface area contributed by atoms with Crippen LogP contribution < -0.4 is 10.5 Å². The van der Waals surface area contributed by atoms with Crippen molar-refractivity contribution in [1.29, 1.82) is 0 Å². The zero-order chi connectivity index (χ0) is 14.8. The highest BCUT2D eigenvalue weighted by atomic mass is 32.2. The van der Waals surface area contributed by atoms with Gasteiger partial charge in [0.1, 0.15) is 0 Å². The summed E-state index contributed by atoms with van der Waals surface area (Å²) in [6, 6.07) is 3.62. The number of rotatable bonds is 4. The molecule has 20 heavy (non-hydrogen) atoms. The van der Waals surface area contributed by atoms with Crippen LogP contribution in [0.25, 0.3) is 0 Å². The maximum atomic E-state index is 12.3. The van der Waals surface area contributed by atoms with Crippen LogP contribution in [0.5, 0.6) is 0 Å². The number of thioether (sulfide) groups is 1. The number of carbonyl (C=O) groups is 1. The topological polar surface area (TPSA) is 109 Å². The fourth-order valence-electron chi connectivity index (χ4n) is 2.07. The molecule has 1 saturated heterocycles. The number of nitrogen functional groups attached to an aromatic ring is 1. The molecule has 2 rings (SSSR count). The summed E-state index contributed by atoms with van der Waals surface area (Å²) in [5.41, 5.74) is 5.42. The Balaban J connectivity index is 2.31. The van der Waals surface area contributed by atoms with Crippen LogP contribution in [0.4, 0.5) is 5.69 Å². The molecule has 8 heteroatoms. The van der Waals surface area contributed by atoms with Crippen molar-refractivity contribution in [3.63, 3.8) is 0 Å².